The lowest BCUT2D eigenvalue weighted by molar-refractivity contribution is 0.460. The van der Waals surface area contributed by atoms with Crippen LogP contribution in [0, 0.1) is 0 Å². The van der Waals surface area contributed by atoms with Crippen LogP contribution in [0.3, 0.4) is 0 Å². The maximum atomic E-state index is 5.84. The third-order valence-corrected chi connectivity index (χ3v) is 3.12. The third kappa shape index (κ3) is 2.91. The number of nitrogens with zero attached hydrogens (tertiary/aromatic N) is 3. The van der Waals surface area contributed by atoms with Crippen LogP contribution in [0.2, 0.25) is 0 Å². The second-order valence-corrected chi connectivity index (χ2v) is 4.57. The van der Waals surface area contributed by atoms with Crippen molar-refractivity contribution in [3.05, 3.63) is 48.4 Å². The summed E-state index contributed by atoms with van der Waals surface area (Å²) < 4.78 is 5.84. The van der Waals surface area contributed by atoms with Crippen LogP contribution in [0.5, 0.6) is 11.6 Å². The molecular formula is C16H16N4O. The molecule has 0 unspecified atom stereocenters. The Kier molecular flexibility index (Phi) is 3.64. The lowest BCUT2D eigenvalue weighted by atomic mass is 10.2. The summed E-state index contributed by atoms with van der Waals surface area (Å²) >= 11 is 0. The van der Waals surface area contributed by atoms with Crippen molar-refractivity contribution >= 4 is 16.7 Å². The van der Waals surface area contributed by atoms with Crippen molar-refractivity contribution in [2.75, 3.05) is 12.4 Å². The molecule has 0 atom stereocenters. The van der Waals surface area contributed by atoms with Crippen LogP contribution in [0.25, 0.3) is 10.9 Å². The lowest BCUT2D eigenvalue weighted by Gasteiger charge is -2.08. The number of anilines is 1. The van der Waals surface area contributed by atoms with Gasteiger partial charge >= 0.3 is 0 Å². The van der Waals surface area contributed by atoms with Crippen LogP contribution in [0.15, 0.2) is 42.6 Å². The number of nitrogens with one attached hydrogen (secondary N) is 1. The summed E-state index contributed by atoms with van der Waals surface area (Å²) in [5.74, 6) is 2.73. The topological polar surface area (TPSA) is 59.9 Å². The third-order valence-electron chi connectivity index (χ3n) is 3.12. The molecule has 0 spiro atoms. The standard InChI is InChI=1S/C16H16N4O/c1-3-14-19-15(17-2)10-16(20-14)21-12-7-6-11-5-4-8-18-13(11)9-12/h4-10H,3H2,1-2H3,(H,17,19,20). The predicted molar refractivity (Wildman–Crippen MR) is 82.8 cm³/mol. The van der Waals surface area contributed by atoms with E-state index < -0.39 is 0 Å². The molecule has 0 aliphatic rings. The number of benzene rings is 1. The first-order chi connectivity index (χ1) is 10.3. The highest BCUT2D eigenvalue weighted by molar-refractivity contribution is 5.79. The molecule has 1 aromatic carbocycles. The van der Waals surface area contributed by atoms with Crippen molar-refractivity contribution in [3.8, 4) is 11.6 Å². The largest absolute Gasteiger partial charge is 0.439 e. The Morgan fingerprint density at radius 2 is 2.05 bits per heavy atom. The highest BCUT2D eigenvalue weighted by Gasteiger charge is 2.06. The number of rotatable bonds is 4. The van der Waals surface area contributed by atoms with Gasteiger partial charge in [-0.15, -0.1) is 0 Å². The zero-order valence-corrected chi connectivity index (χ0v) is 12.0. The van der Waals surface area contributed by atoms with Crippen molar-refractivity contribution in [2.24, 2.45) is 0 Å². The minimum atomic E-state index is 0.529. The normalized spacial score (nSPS) is 10.6. The van der Waals surface area contributed by atoms with Crippen molar-refractivity contribution in [1.29, 1.82) is 0 Å². The minimum Gasteiger partial charge on any atom is -0.439 e. The fourth-order valence-corrected chi connectivity index (χ4v) is 2.04. The molecule has 0 saturated heterocycles. The molecule has 2 aromatic heterocycles. The van der Waals surface area contributed by atoms with Gasteiger partial charge in [0.1, 0.15) is 17.4 Å². The van der Waals surface area contributed by atoms with Crippen LogP contribution in [0.4, 0.5) is 5.82 Å². The zero-order chi connectivity index (χ0) is 14.7. The van der Waals surface area contributed by atoms with Gasteiger partial charge < -0.3 is 10.1 Å². The predicted octanol–water partition coefficient (Wildman–Crippen LogP) is 3.42. The van der Waals surface area contributed by atoms with Gasteiger partial charge in [0, 0.05) is 37.2 Å². The maximum Gasteiger partial charge on any atom is 0.224 e. The summed E-state index contributed by atoms with van der Waals surface area (Å²) in [5, 5.41) is 4.10. The number of ether oxygens (including phenoxy) is 1. The maximum absolute atomic E-state index is 5.84. The van der Waals surface area contributed by atoms with Crippen LogP contribution in [-0.4, -0.2) is 22.0 Å². The molecule has 0 fully saturated rings. The monoisotopic (exact) mass is 280 g/mol. The first-order valence-corrected chi connectivity index (χ1v) is 6.87. The van der Waals surface area contributed by atoms with Gasteiger partial charge in [-0.25, -0.2) is 4.98 Å². The molecule has 3 aromatic rings. The number of aryl methyl sites for hydroxylation is 1. The number of fused-ring (bicyclic) bond motifs is 1. The first kappa shape index (κ1) is 13.3. The molecule has 0 radical (unpaired) electrons. The van der Waals surface area contributed by atoms with Gasteiger partial charge in [-0.05, 0) is 18.2 Å². The van der Waals surface area contributed by atoms with Crippen LogP contribution in [-0.2, 0) is 6.42 Å². The summed E-state index contributed by atoms with van der Waals surface area (Å²) in [6.07, 6.45) is 2.52. The first-order valence-electron chi connectivity index (χ1n) is 6.87. The van der Waals surface area contributed by atoms with E-state index in [4.69, 9.17) is 4.74 Å². The van der Waals surface area contributed by atoms with E-state index in [9.17, 15) is 0 Å². The molecule has 1 N–H and O–H groups in total. The Balaban J connectivity index is 1.94. The van der Waals surface area contributed by atoms with E-state index in [0.717, 1.165) is 29.0 Å². The van der Waals surface area contributed by atoms with E-state index in [1.54, 1.807) is 12.3 Å². The molecule has 0 aliphatic heterocycles. The average Bonchev–Trinajstić information content (AvgIpc) is 2.54. The SMILES string of the molecule is CCc1nc(NC)cc(Oc2ccc3cccnc3c2)n1. The van der Waals surface area contributed by atoms with E-state index in [2.05, 4.69) is 20.3 Å². The van der Waals surface area contributed by atoms with E-state index in [0.29, 0.717) is 11.6 Å². The van der Waals surface area contributed by atoms with Gasteiger partial charge in [0.05, 0.1) is 5.52 Å². The Bertz CT molecular complexity index is 751. The molecule has 5 nitrogen and oxygen atoms in total. The fourth-order valence-electron chi connectivity index (χ4n) is 2.04. The van der Waals surface area contributed by atoms with Gasteiger partial charge in [0.15, 0.2) is 0 Å². The molecule has 0 saturated carbocycles. The van der Waals surface area contributed by atoms with Gasteiger partial charge in [-0.1, -0.05) is 13.0 Å². The van der Waals surface area contributed by atoms with Crippen molar-refractivity contribution in [3.63, 3.8) is 0 Å². The molecule has 0 amide bonds. The highest BCUT2D eigenvalue weighted by atomic mass is 16.5. The van der Waals surface area contributed by atoms with Crippen LogP contribution in [0.1, 0.15) is 12.7 Å². The summed E-state index contributed by atoms with van der Waals surface area (Å²) in [4.78, 5) is 13.1. The Labute approximate surface area is 123 Å². The van der Waals surface area contributed by atoms with E-state index in [1.807, 2.05) is 44.3 Å². The smallest absolute Gasteiger partial charge is 0.224 e. The van der Waals surface area contributed by atoms with Gasteiger partial charge in [0.25, 0.3) is 0 Å². The van der Waals surface area contributed by atoms with Crippen molar-refractivity contribution in [2.45, 2.75) is 13.3 Å². The van der Waals surface area contributed by atoms with E-state index in [-0.39, 0.29) is 0 Å². The second-order valence-electron chi connectivity index (χ2n) is 4.57. The lowest BCUT2D eigenvalue weighted by Crippen LogP contribution is -2.01. The number of aromatic nitrogens is 3. The number of hydrogen-bond acceptors (Lipinski definition) is 5. The zero-order valence-electron chi connectivity index (χ0n) is 12.0. The molecular weight excluding hydrogens is 264 g/mol. The highest BCUT2D eigenvalue weighted by Crippen LogP contribution is 2.24. The summed E-state index contributed by atoms with van der Waals surface area (Å²) in [7, 11) is 1.82. The Morgan fingerprint density at radius 1 is 1.14 bits per heavy atom. The molecule has 2 heterocycles. The summed E-state index contributed by atoms with van der Waals surface area (Å²) in [5.41, 5.74) is 0.897. The van der Waals surface area contributed by atoms with E-state index >= 15 is 0 Å². The Morgan fingerprint density at radius 3 is 2.86 bits per heavy atom. The average molecular weight is 280 g/mol. The van der Waals surface area contributed by atoms with Crippen LogP contribution >= 0.6 is 0 Å². The van der Waals surface area contributed by atoms with Crippen LogP contribution < -0.4 is 10.1 Å². The molecule has 0 aliphatic carbocycles. The van der Waals surface area contributed by atoms with Gasteiger partial charge in [-0.2, -0.15) is 4.98 Å². The minimum absolute atomic E-state index is 0.529. The van der Waals surface area contributed by atoms with Crippen molar-refractivity contribution in [1.82, 2.24) is 15.0 Å². The molecule has 21 heavy (non-hydrogen) atoms. The quantitative estimate of drug-likeness (QED) is 0.793. The molecule has 106 valence electrons. The number of pyridine rings is 1. The second kappa shape index (κ2) is 5.75. The van der Waals surface area contributed by atoms with Gasteiger partial charge in [-0.3, -0.25) is 4.98 Å². The van der Waals surface area contributed by atoms with Gasteiger partial charge in [0.2, 0.25) is 5.88 Å². The molecule has 5 heteroatoms. The van der Waals surface area contributed by atoms with Crippen molar-refractivity contribution < 1.29 is 4.74 Å². The summed E-state index contributed by atoms with van der Waals surface area (Å²) in [6, 6.07) is 11.5. The molecule has 3 rings (SSSR count). The fraction of sp³-hybridized carbons (Fsp3) is 0.188. The van der Waals surface area contributed by atoms with E-state index in [1.165, 1.54) is 0 Å². The Hall–Kier alpha value is -2.69. The molecule has 0 bridgehead atoms. The number of hydrogen-bond donors (Lipinski definition) is 1. The summed E-state index contributed by atoms with van der Waals surface area (Å²) in [6.45, 7) is 2.01.